The SMILES string of the molecule is CCOc1cncc(C(O)c2cncc(Br)c2)c1. The molecule has 1 unspecified atom stereocenters. The summed E-state index contributed by atoms with van der Waals surface area (Å²) >= 11 is 3.33. The van der Waals surface area contributed by atoms with E-state index in [4.69, 9.17) is 4.74 Å². The van der Waals surface area contributed by atoms with Crippen molar-refractivity contribution in [2.24, 2.45) is 0 Å². The summed E-state index contributed by atoms with van der Waals surface area (Å²) in [6.45, 7) is 2.47. The molecule has 94 valence electrons. The largest absolute Gasteiger partial charge is 0.492 e. The van der Waals surface area contributed by atoms with E-state index in [1.807, 2.05) is 13.0 Å². The molecule has 5 heteroatoms. The number of pyridine rings is 2. The summed E-state index contributed by atoms with van der Waals surface area (Å²) < 4.78 is 6.18. The van der Waals surface area contributed by atoms with Gasteiger partial charge in [0.15, 0.2) is 0 Å². The lowest BCUT2D eigenvalue weighted by molar-refractivity contribution is 0.218. The summed E-state index contributed by atoms with van der Waals surface area (Å²) in [6, 6.07) is 3.60. The first-order chi connectivity index (χ1) is 8.70. The van der Waals surface area contributed by atoms with Gasteiger partial charge in [0.25, 0.3) is 0 Å². The molecule has 4 nitrogen and oxygen atoms in total. The van der Waals surface area contributed by atoms with E-state index in [-0.39, 0.29) is 0 Å². The van der Waals surface area contributed by atoms with E-state index in [1.165, 1.54) is 0 Å². The molecule has 18 heavy (non-hydrogen) atoms. The van der Waals surface area contributed by atoms with E-state index >= 15 is 0 Å². The molecule has 0 bridgehead atoms. The fourth-order valence-electron chi connectivity index (χ4n) is 1.60. The number of ether oxygens (including phenoxy) is 1. The predicted octanol–water partition coefficient (Wildman–Crippen LogP) is 2.72. The molecule has 1 N–H and O–H groups in total. The second-order valence-corrected chi connectivity index (χ2v) is 4.64. The van der Waals surface area contributed by atoms with Crippen molar-refractivity contribution < 1.29 is 9.84 Å². The third-order valence-corrected chi connectivity index (χ3v) is 2.84. The van der Waals surface area contributed by atoms with Crippen LogP contribution in [-0.4, -0.2) is 21.7 Å². The Bertz CT molecular complexity index is 534. The molecule has 0 aromatic carbocycles. The topological polar surface area (TPSA) is 55.2 Å². The Hall–Kier alpha value is -1.46. The highest BCUT2D eigenvalue weighted by atomic mass is 79.9. The van der Waals surface area contributed by atoms with Gasteiger partial charge in [-0.15, -0.1) is 0 Å². The lowest BCUT2D eigenvalue weighted by atomic mass is 10.1. The Labute approximate surface area is 114 Å². The number of rotatable bonds is 4. The molecule has 0 radical (unpaired) electrons. The molecule has 0 aliphatic carbocycles. The Morgan fingerprint density at radius 1 is 1.17 bits per heavy atom. The fourth-order valence-corrected chi connectivity index (χ4v) is 1.98. The van der Waals surface area contributed by atoms with Crippen LogP contribution < -0.4 is 4.74 Å². The summed E-state index contributed by atoms with van der Waals surface area (Å²) in [5.74, 6) is 0.650. The van der Waals surface area contributed by atoms with Crippen molar-refractivity contribution in [3.8, 4) is 5.75 Å². The minimum Gasteiger partial charge on any atom is -0.492 e. The van der Waals surface area contributed by atoms with E-state index in [9.17, 15) is 5.11 Å². The number of hydrogen-bond donors (Lipinski definition) is 1. The van der Waals surface area contributed by atoms with Gasteiger partial charge < -0.3 is 9.84 Å². The van der Waals surface area contributed by atoms with Crippen LogP contribution in [0.15, 0.2) is 41.4 Å². The minimum absolute atomic E-state index is 0.569. The van der Waals surface area contributed by atoms with Gasteiger partial charge in [0, 0.05) is 34.2 Å². The average Bonchev–Trinajstić information content (AvgIpc) is 2.39. The van der Waals surface area contributed by atoms with Gasteiger partial charge in [-0.1, -0.05) is 0 Å². The molecule has 0 saturated carbocycles. The third kappa shape index (κ3) is 3.05. The van der Waals surface area contributed by atoms with Gasteiger partial charge in [-0.25, -0.2) is 0 Å². The zero-order valence-electron chi connectivity index (χ0n) is 9.88. The van der Waals surface area contributed by atoms with E-state index in [0.29, 0.717) is 23.5 Å². The molecule has 0 spiro atoms. The lowest BCUT2D eigenvalue weighted by Crippen LogP contribution is -2.02. The normalized spacial score (nSPS) is 12.2. The third-order valence-electron chi connectivity index (χ3n) is 2.40. The van der Waals surface area contributed by atoms with Gasteiger partial charge in [0.2, 0.25) is 0 Å². The van der Waals surface area contributed by atoms with Crippen molar-refractivity contribution in [1.82, 2.24) is 9.97 Å². The van der Waals surface area contributed by atoms with Crippen molar-refractivity contribution >= 4 is 15.9 Å². The van der Waals surface area contributed by atoms with E-state index in [0.717, 1.165) is 4.47 Å². The zero-order valence-corrected chi connectivity index (χ0v) is 11.5. The van der Waals surface area contributed by atoms with Crippen LogP contribution in [0.3, 0.4) is 0 Å². The number of nitrogens with zero attached hydrogens (tertiary/aromatic N) is 2. The number of aromatic nitrogens is 2. The van der Waals surface area contributed by atoms with Crippen molar-refractivity contribution in [1.29, 1.82) is 0 Å². The minimum atomic E-state index is -0.761. The van der Waals surface area contributed by atoms with Gasteiger partial charge in [0.1, 0.15) is 11.9 Å². The second kappa shape index (κ2) is 5.93. The quantitative estimate of drug-likeness (QED) is 0.943. The summed E-state index contributed by atoms with van der Waals surface area (Å²) in [5, 5.41) is 10.3. The molecule has 0 amide bonds. The van der Waals surface area contributed by atoms with Crippen LogP contribution in [0.2, 0.25) is 0 Å². The molecule has 2 aromatic rings. The monoisotopic (exact) mass is 308 g/mol. The summed E-state index contributed by atoms with van der Waals surface area (Å²) in [4.78, 5) is 8.09. The molecule has 0 saturated heterocycles. The molecule has 2 rings (SSSR count). The van der Waals surface area contributed by atoms with Gasteiger partial charge in [-0.3, -0.25) is 9.97 Å². The first kappa shape index (κ1) is 13.0. The Morgan fingerprint density at radius 3 is 2.50 bits per heavy atom. The molecule has 0 aliphatic heterocycles. The molecule has 0 aliphatic rings. The van der Waals surface area contributed by atoms with Crippen LogP contribution >= 0.6 is 15.9 Å². The maximum atomic E-state index is 10.3. The molecule has 2 heterocycles. The molecule has 0 fully saturated rings. The maximum absolute atomic E-state index is 10.3. The Balaban J connectivity index is 2.27. The van der Waals surface area contributed by atoms with Crippen LogP contribution in [0.4, 0.5) is 0 Å². The van der Waals surface area contributed by atoms with Crippen LogP contribution in [0, 0.1) is 0 Å². The predicted molar refractivity (Wildman–Crippen MR) is 71.4 cm³/mol. The standard InChI is InChI=1S/C13H13BrN2O2/c1-2-18-12-4-10(6-16-8-12)13(17)9-3-11(14)7-15-5-9/h3-8,13,17H,2H2,1H3. The zero-order chi connectivity index (χ0) is 13.0. The molecular formula is C13H13BrN2O2. The number of halogens is 1. The van der Waals surface area contributed by atoms with Crippen molar-refractivity contribution in [2.75, 3.05) is 6.61 Å². The number of hydrogen-bond acceptors (Lipinski definition) is 4. The molecule has 2 aromatic heterocycles. The maximum Gasteiger partial charge on any atom is 0.137 e. The van der Waals surface area contributed by atoms with Crippen LogP contribution in [0.5, 0.6) is 5.75 Å². The van der Waals surface area contributed by atoms with E-state index < -0.39 is 6.10 Å². The number of aliphatic hydroxyl groups excluding tert-OH is 1. The first-order valence-corrected chi connectivity index (χ1v) is 6.36. The highest BCUT2D eigenvalue weighted by molar-refractivity contribution is 9.10. The van der Waals surface area contributed by atoms with Gasteiger partial charge in [-0.2, -0.15) is 0 Å². The van der Waals surface area contributed by atoms with E-state index in [1.54, 1.807) is 30.9 Å². The van der Waals surface area contributed by atoms with Crippen molar-refractivity contribution in [2.45, 2.75) is 13.0 Å². The fraction of sp³-hybridized carbons (Fsp3) is 0.231. The van der Waals surface area contributed by atoms with E-state index in [2.05, 4.69) is 25.9 Å². The summed E-state index contributed by atoms with van der Waals surface area (Å²) in [7, 11) is 0. The van der Waals surface area contributed by atoms with Crippen LogP contribution in [0.25, 0.3) is 0 Å². The Morgan fingerprint density at radius 2 is 1.83 bits per heavy atom. The highest BCUT2D eigenvalue weighted by Crippen LogP contribution is 2.25. The first-order valence-electron chi connectivity index (χ1n) is 5.57. The highest BCUT2D eigenvalue weighted by Gasteiger charge is 2.12. The van der Waals surface area contributed by atoms with Crippen LogP contribution in [0.1, 0.15) is 24.2 Å². The van der Waals surface area contributed by atoms with Gasteiger partial charge in [0.05, 0.1) is 12.8 Å². The second-order valence-electron chi connectivity index (χ2n) is 3.73. The van der Waals surface area contributed by atoms with Crippen molar-refractivity contribution in [3.63, 3.8) is 0 Å². The lowest BCUT2D eigenvalue weighted by Gasteiger charge is -2.12. The molecular weight excluding hydrogens is 296 g/mol. The Kier molecular flexibility index (Phi) is 4.28. The summed E-state index contributed by atoms with van der Waals surface area (Å²) in [5.41, 5.74) is 1.39. The van der Waals surface area contributed by atoms with Gasteiger partial charge >= 0.3 is 0 Å². The van der Waals surface area contributed by atoms with Crippen LogP contribution in [-0.2, 0) is 0 Å². The molecule has 1 atom stereocenters. The smallest absolute Gasteiger partial charge is 0.137 e. The number of aliphatic hydroxyl groups is 1. The van der Waals surface area contributed by atoms with Gasteiger partial charge in [-0.05, 0) is 35.0 Å². The summed E-state index contributed by atoms with van der Waals surface area (Å²) in [6.07, 6.45) is 5.78. The average molecular weight is 309 g/mol. The van der Waals surface area contributed by atoms with Crippen molar-refractivity contribution in [3.05, 3.63) is 52.5 Å².